The molecular formula is C15H15NO5. The van der Waals surface area contributed by atoms with Crippen LogP contribution in [0.5, 0.6) is 0 Å². The third-order valence-corrected chi connectivity index (χ3v) is 3.80. The van der Waals surface area contributed by atoms with Crippen molar-refractivity contribution in [3.05, 3.63) is 35.9 Å². The molecule has 6 nitrogen and oxygen atoms in total. The molecule has 0 aromatic heterocycles. The molecule has 1 aromatic rings. The Morgan fingerprint density at radius 3 is 2.71 bits per heavy atom. The van der Waals surface area contributed by atoms with Gasteiger partial charge in [-0.15, -0.1) is 0 Å². The zero-order valence-electron chi connectivity index (χ0n) is 11.3. The normalized spacial score (nSPS) is 27.5. The quantitative estimate of drug-likeness (QED) is 0.649. The van der Waals surface area contributed by atoms with Gasteiger partial charge in [-0.2, -0.15) is 0 Å². The third-order valence-electron chi connectivity index (χ3n) is 3.80. The summed E-state index contributed by atoms with van der Waals surface area (Å²) in [5, 5.41) is 2.54. The van der Waals surface area contributed by atoms with Crippen LogP contribution in [0.3, 0.4) is 0 Å². The number of esters is 2. The van der Waals surface area contributed by atoms with Crippen LogP contribution in [0.25, 0.3) is 0 Å². The standard InChI is InChI=1S/C15H15NO5/c17-12-6-11(7-15(21-12)9-16-14(15)19)13(18)20-8-10-4-2-1-3-5-10/h1-5,11H,6-9H2,(H,16,19)/t11?,15-/m1/s1. The molecule has 110 valence electrons. The van der Waals surface area contributed by atoms with E-state index >= 15 is 0 Å². The maximum atomic E-state index is 12.1. The number of hydrogen-bond acceptors (Lipinski definition) is 5. The van der Waals surface area contributed by atoms with Crippen molar-refractivity contribution in [1.29, 1.82) is 0 Å². The molecule has 2 heterocycles. The molecule has 1 N–H and O–H groups in total. The molecule has 2 atom stereocenters. The van der Waals surface area contributed by atoms with E-state index in [0.717, 1.165) is 5.56 Å². The van der Waals surface area contributed by atoms with E-state index in [1.54, 1.807) is 0 Å². The van der Waals surface area contributed by atoms with Crippen molar-refractivity contribution in [3.8, 4) is 0 Å². The molecule has 0 aliphatic carbocycles. The Morgan fingerprint density at radius 1 is 1.33 bits per heavy atom. The summed E-state index contributed by atoms with van der Waals surface area (Å²) in [5.74, 6) is -1.95. The van der Waals surface area contributed by atoms with E-state index in [9.17, 15) is 14.4 Å². The van der Waals surface area contributed by atoms with Crippen LogP contribution in [-0.2, 0) is 30.5 Å². The van der Waals surface area contributed by atoms with Crippen LogP contribution >= 0.6 is 0 Å². The van der Waals surface area contributed by atoms with Gasteiger partial charge < -0.3 is 14.8 Å². The molecule has 3 rings (SSSR count). The molecule has 0 saturated carbocycles. The Labute approximate surface area is 121 Å². The molecule has 2 fully saturated rings. The molecule has 21 heavy (non-hydrogen) atoms. The largest absolute Gasteiger partial charge is 0.461 e. The van der Waals surface area contributed by atoms with Crippen LogP contribution in [0.2, 0.25) is 0 Å². The van der Waals surface area contributed by atoms with Gasteiger partial charge >= 0.3 is 11.9 Å². The van der Waals surface area contributed by atoms with E-state index in [1.165, 1.54) is 0 Å². The first kappa shape index (κ1) is 13.6. The highest BCUT2D eigenvalue weighted by Crippen LogP contribution is 2.34. The van der Waals surface area contributed by atoms with E-state index in [2.05, 4.69) is 5.32 Å². The number of rotatable bonds is 3. The number of carbonyl (C=O) groups excluding carboxylic acids is 3. The van der Waals surface area contributed by atoms with E-state index < -0.39 is 23.5 Å². The SMILES string of the molecule is O=C1CC(C(=O)OCc2ccccc2)C[C@]2(CNC2=O)O1. The molecule has 1 amide bonds. The Kier molecular flexibility index (Phi) is 3.37. The number of carbonyl (C=O) groups is 3. The fourth-order valence-corrected chi connectivity index (χ4v) is 2.59. The molecule has 6 heteroatoms. The lowest BCUT2D eigenvalue weighted by Crippen LogP contribution is -2.69. The van der Waals surface area contributed by atoms with Crippen molar-refractivity contribution in [2.24, 2.45) is 5.92 Å². The first-order valence-corrected chi connectivity index (χ1v) is 6.80. The fraction of sp³-hybridized carbons (Fsp3) is 0.400. The summed E-state index contributed by atoms with van der Waals surface area (Å²) in [6, 6.07) is 9.29. The van der Waals surface area contributed by atoms with Crippen molar-refractivity contribution in [3.63, 3.8) is 0 Å². The summed E-state index contributed by atoms with van der Waals surface area (Å²) in [4.78, 5) is 35.2. The summed E-state index contributed by atoms with van der Waals surface area (Å²) < 4.78 is 10.3. The molecule has 2 saturated heterocycles. The summed E-state index contributed by atoms with van der Waals surface area (Å²) in [6.07, 6.45) is 0.154. The maximum Gasteiger partial charge on any atom is 0.310 e. The van der Waals surface area contributed by atoms with Crippen molar-refractivity contribution < 1.29 is 23.9 Å². The van der Waals surface area contributed by atoms with Gasteiger partial charge in [0.05, 0.1) is 18.9 Å². The van der Waals surface area contributed by atoms with Gasteiger partial charge in [0.1, 0.15) is 6.61 Å². The van der Waals surface area contributed by atoms with Gasteiger partial charge in [-0.3, -0.25) is 14.4 Å². The Morgan fingerprint density at radius 2 is 2.10 bits per heavy atom. The highest BCUT2D eigenvalue weighted by molar-refractivity contribution is 5.96. The van der Waals surface area contributed by atoms with Gasteiger partial charge in [0.2, 0.25) is 5.60 Å². The minimum atomic E-state index is -1.16. The first-order valence-electron chi connectivity index (χ1n) is 6.80. The predicted molar refractivity (Wildman–Crippen MR) is 70.8 cm³/mol. The average Bonchev–Trinajstić information content (AvgIpc) is 2.51. The van der Waals surface area contributed by atoms with Crippen LogP contribution in [0.1, 0.15) is 18.4 Å². The van der Waals surface area contributed by atoms with Crippen molar-refractivity contribution in [2.75, 3.05) is 6.54 Å². The molecule has 1 aromatic carbocycles. The lowest BCUT2D eigenvalue weighted by atomic mass is 9.81. The molecule has 0 bridgehead atoms. The number of β-lactam (4-membered cyclic amide) rings is 1. The van der Waals surface area contributed by atoms with E-state index in [-0.39, 0.29) is 31.9 Å². The van der Waals surface area contributed by atoms with Crippen LogP contribution < -0.4 is 5.32 Å². The Bertz CT molecular complexity index is 585. The van der Waals surface area contributed by atoms with Crippen molar-refractivity contribution >= 4 is 17.8 Å². The number of amides is 1. The van der Waals surface area contributed by atoms with E-state index in [4.69, 9.17) is 9.47 Å². The Balaban J connectivity index is 1.61. The molecular weight excluding hydrogens is 274 g/mol. The molecule has 2 aliphatic rings. The van der Waals surface area contributed by atoms with Gasteiger partial charge in [-0.05, 0) is 5.56 Å². The molecule has 2 aliphatic heterocycles. The van der Waals surface area contributed by atoms with Gasteiger partial charge in [-0.1, -0.05) is 30.3 Å². The number of hydrogen-bond donors (Lipinski definition) is 1. The highest BCUT2D eigenvalue weighted by Gasteiger charge is 2.55. The van der Waals surface area contributed by atoms with E-state index in [0.29, 0.717) is 0 Å². The monoisotopic (exact) mass is 289 g/mol. The molecule has 0 radical (unpaired) electrons. The number of benzene rings is 1. The van der Waals surface area contributed by atoms with Crippen LogP contribution in [-0.4, -0.2) is 30.0 Å². The lowest BCUT2D eigenvalue weighted by Gasteiger charge is -2.44. The van der Waals surface area contributed by atoms with E-state index in [1.807, 2.05) is 30.3 Å². The molecule has 1 unspecified atom stereocenters. The number of nitrogens with one attached hydrogen (secondary N) is 1. The van der Waals surface area contributed by atoms with Gasteiger partial charge in [0.15, 0.2) is 0 Å². The topological polar surface area (TPSA) is 81.7 Å². The maximum absolute atomic E-state index is 12.1. The summed E-state index contributed by atoms with van der Waals surface area (Å²) in [5.41, 5.74) is -0.286. The smallest absolute Gasteiger partial charge is 0.310 e. The van der Waals surface area contributed by atoms with Gasteiger partial charge in [-0.25, -0.2) is 0 Å². The minimum Gasteiger partial charge on any atom is -0.461 e. The fourth-order valence-electron chi connectivity index (χ4n) is 2.59. The zero-order chi connectivity index (χ0) is 14.9. The predicted octanol–water partition coefficient (Wildman–Crippen LogP) is 0.552. The highest BCUT2D eigenvalue weighted by atomic mass is 16.6. The lowest BCUT2D eigenvalue weighted by molar-refractivity contribution is -0.192. The number of ether oxygens (including phenoxy) is 2. The van der Waals surface area contributed by atoms with Crippen LogP contribution in [0, 0.1) is 5.92 Å². The summed E-state index contributed by atoms with van der Waals surface area (Å²) in [6.45, 7) is 0.421. The molecule has 1 spiro atoms. The van der Waals surface area contributed by atoms with Gasteiger partial charge in [0.25, 0.3) is 5.91 Å². The van der Waals surface area contributed by atoms with Crippen molar-refractivity contribution in [1.82, 2.24) is 5.32 Å². The summed E-state index contributed by atoms with van der Waals surface area (Å²) >= 11 is 0. The second kappa shape index (κ2) is 5.20. The van der Waals surface area contributed by atoms with Crippen molar-refractivity contribution in [2.45, 2.75) is 25.0 Å². The third kappa shape index (κ3) is 2.61. The second-order valence-corrected chi connectivity index (χ2v) is 5.35. The Hall–Kier alpha value is -2.37. The summed E-state index contributed by atoms with van der Waals surface area (Å²) in [7, 11) is 0. The minimum absolute atomic E-state index is 0.0390. The van der Waals surface area contributed by atoms with Gasteiger partial charge in [0, 0.05) is 6.42 Å². The van der Waals surface area contributed by atoms with Crippen LogP contribution in [0.15, 0.2) is 30.3 Å². The second-order valence-electron chi connectivity index (χ2n) is 5.35. The zero-order valence-corrected chi connectivity index (χ0v) is 11.3. The first-order chi connectivity index (χ1) is 10.1. The van der Waals surface area contributed by atoms with Crippen LogP contribution in [0.4, 0.5) is 0 Å². The average molecular weight is 289 g/mol.